The quantitative estimate of drug-likeness (QED) is 0.838. The van der Waals surface area contributed by atoms with Crippen LogP contribution in [0.3, 0.4) is 0 Å². The van der Waals surface area contributed by atoms with Gasteiger partial charge in [-0.1, -0.05) is 28.9 Å². The molecule has 2 heteroatoms. The van der Waals surface area contributed by atoms with Crippen LogP contribution >= 0.6 is 15.9 Å². The minimum absolute atomic E-state index is 0.937. The lowest BCUT2D eigenvalue weighted by Gasteiger charge is -2.04. The summed E-state index contributed by atoms with van der Waals surface area (Å²) in [5, 5.41) is 3.14. The van der Waals surface area contributed by atoms with Crippen LogP contribution in [0.25, 0.3) is 0 Å². The highest BCUT2D eigenvalue weighted by atomic mass is 79.9. The van der Waals surface area contributed by atoms with Gasteiger partial charge in [-0.3, -0.25) is 0 Å². The summed E-state index contributed by atoms with van der Waals surface area (Å²) in [7, 11) is 1.96. The van der Waals surface area contributed by atoms with Crippen molar-refractivity contribution in [3.63, 3.8) is 0 Å². The first kappa shape index (κ1) is 9.75. The summed E-state index contributed by atoms with van der Waals surface area (Å²) in [5.41, 5.74) is 2.72. The number of halogens is 1. The smallest absolute Gasteiger partial charge is 0.0202 e. The molecule has 0 aliphatic heterocycles. The average Bonchev–Trinajstić information content (AvgIpc) is 2.04. The van der Waals surface area contributed by atoms with Crippen molar-refractivity contribution in [3.05, 3.63) is 33.8 Å². The molecule has 0 aromatic heterocycles. The van der Waals surface area contributed by atoms with Gasteiger partial charge in [0.05, 0.1) is 0 Å². The van der Waals surface area contributed by atoms with Gasteiger partial charge in [0.25, 0.3) is 0 Å². The molecule has 0 bridgehead atoms. The van der Waals surface area contributed by atoms with Crippen LogP contribution in [-0.4, -0.2) is 7.05 Å². The minimum atomic E-state index is 0.937. The second-order valence-electron chi connectivity index (χ2n) is 2.85. The molecule has 1 rings (SSSR count). The van der Waals surface area contributed by atoms with E-state index >= 15 is 0 Å². The standard InChI is InChI=1S/C10H14BrN/c1-3-8-4-9(7-12-2)6-10(11)5-8/h4-6,12H,3,7H2,1-2H3. The van der Waals surface area contributed by atoms with E-state index in [9.17, 15) is 0 Å². The Bertz CT molecular complexity index is 258. The predicted molar refractivity (Wildman–Crippen MR) is 56.3 cm³/mol. The SMILES string of the molecule is CCc1cc(Br)cc(CNC)c1. The molecule has 66 valence electrons. The summed E-state index contributed by atoms with van der Waals surface area (Å²) in [6.45, 7) is 3.11. The molecule has 1 aromatic rings. The molecule has 0 spiro atoms. The van der Waals surface area contributed by atoms with E-state index in [4.69, 9.17) is 0 Å². The normalized spacial score (nSPS) is 10.2. The van der Waals surface area contributed by atoms with Gasteiger partial charge in [0.1, 0.15) is 0 Å². The van der Waals surface area contributed by atoms with Crippen LogP contribution in [0.15, 0.2) is 22.7 Å². The molecular weight excluding hydrogens is 214 g/mol. The molecule has 0 heterocycles. The van der Waals surface area contributed by atoms with E-state index < -0.39 is 0 Å². The summed E-state index contributed by atoms with van der Waals surface area (Å²) in [6, 6.07) is 6.55. The molecule has 1 aromatic carbocycles. The zero-order valence-corrected chi connectivity index (χ0v) is 9.11. The molecule has 0 aliphatic rings. The molecule has 0 saturated carbocycles. The monoisotopic (exact) mass is 227 g/mol. The summed E-state index contributed by atoms with van der Waals surface area (Å²) in [6.07, 6.45) is 1.09. The first-order chi connectivity index (χ1) is 5.76. The van der Waals surface area contributed by atoms with Gasteiger partial charge in [-0.05, 0) is 36.7 Å². The van der Waals surface area contributed by atoms with Crippen molar-refractivity contribution in [1.82, 2.24) is 5.32 Å². The number of benzene rings is 1. The zero-order valence-electron chi connectivity index (χ0n) is 7.52. The van der Waals surface area contributed by atoms with E-state index in [-0.39, 0.29) is 0 Å². The van der Waals surface area contributed by atoms with Crippen molar-refractivity contribution in [2.75, 3.05) is 7.05 Å². The Labute approximate surface area is 82.3 Å². The highest BCUT2D eigenvalue weighted by Gasteiger charge is 1.96. The Balaban J connectivity index is 2.90. The lowest BCUT2D eigenvalue weighted by atomic mass is 10.1. The van der Waals surface area contributed by atoms with Crippen molar-refractivity contribution in [3.8, 4) is 0 Å². The van der Waals surface area contributed by atoms with Crippen LogP contribution in [0, 0.1) is 0 Å². The van der Waals surface area contributed by atoms with Crippen molar-refractivity contribution in [2.45, 2.75) is 19.9 Å². The molecule has 0 radical (unpaired) electrons. The fourth-order valence-electron chi connectivity index (χ4n) is 1.23. The molecule has 0 fully saturated rings. The summed E-state index contributed by atoms with van der Waals surface area (Å²) >= 11 is 3.50. The van der Waals surface area contributed by atoms with E-state index in [0.29, 0.717) is 0 Å². The van der Waals surface area contributed by atoms with Gasteiger partial charge in [0, 0.05) is 11.0 Å². The zero-order chi connectivity index (χ0) is 8.97. The van der Waals surface area contributed by atoms with Gasteiger partial charge in [0.15, 0.2) is 0 Å². The number of nitrogens with one attached hydrogen (secondary N) is 1. The van der Waals surface area contributed by atoms with Gasteiger partial charge in [-0.25, -0.2) is 0 Å². The number of hydrogen-bond acceptors (Lipinski definition) is 1. The first-order valence-electron chi connectivity index (χ1n) is 4.19. The Morgan fingerprint density at radius 2 is 1.92 bits per heavy atom. The van der Waals surface area contributed by atoms with E-state index in [1.165, 1.54) is 15.6 Å². The molecule has 0 atom stereocenters. The van der Waals surface area contributed by atoms with Crippen LogP contribution in [-0.2, 0) is 13.0 Å². The third-order valence-electron chi connectivity index (χ3n) is 1.81. The largest absolute Gasteiger partial charge is 0.316 e. The van der Waals surface area contributed by atoms with E-state index in [2.05, 4.69) is 46.4 Å². The highest BCUT2D eigenvalue weighted by Crippen LogP contribution is 2.16. The molecule has 0 amide bonds. The van der Waals surface area contributed by atoms with Crippen LogP contribution in [0.4, 0.5) is 0 Å². The number of aryl methyl sites for hydroxylation is 1. The molecule has 0 unspecified atom stereocenters. The van der Waals surface area contributed by atoms with Gasteiger partial charge >= 0.3 is 0 Å². The van der Waals surface area contributed by atoms with E-state index in [0.717, 1.165) is 13.0 Å². The molecular formula is C10H14BrN. The summed E-state index contributed by atoms with van der Waals surface area (Å²) in [5.74, 6) is 0. The van der Waals surface area contributed by atoms with Crippen LogP contribution < -0.4 is 5.32 Å². The maximum Gasteiger partial charge on any atom is 0.0202 e. The number of hydrogen-bond donors (Lipinski definition) is 1. The molecule has 0 saturated heterocycles. The third-order valence-corrected chi connectivity index (χ3v) is 2.26. The predicted octanol–water partition coefficient (Wildman–Crippen LogP) is 2.73. The maximum atomic E-state index is 3.50. The lowest BCUT2D eigenvalue weighted by Crippen LogP contribution is -2.05. The van der Waals surface area contributed by atoms with Gasteiger partial charge in [-0.2, -0.15) is 0 Å². The minimum Gasteiger partial charge on any atom is -0.316 e. The summed E-state index contributed by atoms with van der Waals surface area (Å²) in [4.78, 5) is 0. The van der Waals surface area contributed by atoms with Gasteiger partial charge in [-0.15, -0.1) is 0 Å². The Morgan fingerprint density at radius 1 is 1.25 bits per heavy atom. The Kier molecular flexibility index (Phi) is 3.76. The molecule has 1 nitrogen and oxygen atoms in total. The van der Waals surface area contributed by atoms with Gasteiger partial charge < -0.3 is 5.32 Å². The van der Waals surface area contributed by atoms with Crippen molar-refractivity contribution >= 4 is 15.9 Å². The third kappa shape index (κ3) is 2.61. The fraction of sp³-hybridized carbons (Fsp3) is 0.400. The van der Waals surface area contributed by atoms with Crippen molar-refractivity contribution in [2.24, 2.45) is 0 Å². The van der Waals surface area contributed by atoms with E-state index in [1.54, 1.807) is 0 Å². The Hall–Kier alpha value is -0.340. The van der Waals surface area contributed by atoms with Crippen LogP contribution in [0.1, 0.15) is 18.1 Å². The lowest BCUT2D eigenvalue weighted by molar-refractivity contribution is 0.815. The second-order valence-corrected chi connectivity index (χ2v) is 3.77. The molecule has 12 heavy (non-hydrogen) atoms. The molecule has 1 N–H and O–H groups in total. The maximum absolute atomic E-state index is 3.50. The highest BCUT2D eigenvalue weighted by molar-refractivity contribution is 9.10. The summed E-state index contributed by atoms with van der Waals surface area (Å²) < 4.78 is 1.17. The van der Waals surface area contributed by atoms with E-state index in [1.807, 2.05) is 7.05 Å². The second kappa shape index (κ2) is 4.63. The number of rotatable bonds is 3. The fourth-order valence-corrected chi connectivity index (χ4v) is 1.82. The van der Waals surface area contributed by atoms with Crippen LogP contribution in [0.5, 0.6) is 0 Å². The first-order valence-corrected chi connectivity index (χ1v) is 4.98. The van der Waals surface area contributed by atoms with Crippen molar-refractivity contribution in [1.29, 1.82) is 0 Å². The Morgan fingerprint density at radius 3 is 2.50 bits per heavy atom. The van der Waals surface area contributed by atoms with Crippen LogP contribution in [0.2, 0.25) is 0 Å². The van der Waals surface area contributed by atoms with Gasteiger partial charge in [0.2, 0.25) is 0 Å². The average molecular weight is 228 g/mol. The topological polar surface area (TPSA) is 12.0 Å². The molecule has 0 aliphatic carbocycles. The van der Waals surface area contributed by atoms with Crippen molar-refractivity contribution < 1.29 is 0 Å².